The van der Waals surface area contributed by atoms with Crippen molar-refractivity contribution in [2.45, 2.75) is 18.2 Å². The molecule has 0 bridgehead atoms. The van der Waals surface area contributed by atoms with E-state index in [-0.39, 0.29) is 17.0 Å². The molecule has 0 amide bonds. The van der Waals surface area contributed by atoms with E-state index in [1.807, 2.05) is 0 Å². The number of hydrogen-bond acceptors (Lipinski definition) is 3. The van der Waals surface area contributed by atoms with Gasteiger partial charge in [-0.25, -0.2) is 17.9 Å². The van der Waals surface area contributed by atoms with Gasteiger partial charge in [0.25, 0.3) is 0 Å². The summed E-state index contributed by atoms with van der Waals surface area (Å²) in [5.74, 6) is -1.02. The number of hydrogen-bond donors (Lipinski definition) is 2. The fraction of sp³-hybridized carbons (Fsp3) is 0.188. The quantitative estimate of drug-likeness (QED) is 0.855. The molecule has 6 heteroatoms. The van der Waals surface area contributed by atoms with Crippen molar-refractivity contribution in [3.63, 3.8) is 0 Å². The SMILES string of the molecule is Cc1ccccc1S(=O)(=O)NCCc1ccccc1C(=O)O. The Kier molecular flexibility index (Phi) is 4.95. The summed E-state index contributed by atoms with van der Waals surface area (Å²) in [4.78, 5) is 11.3. The van der Waals surface area contributed by atoms with E-state index < -0.39 is 16.0 Å². The topological polar surface area (TPSA) is 83.5 Å². The predicted molar refractivity (Wildman–Crippen MR) is 83.5 cm³/mol. The average molecular weight is 319 g/mol. The molecule has 0 spiro atoms. The van der Waals surface area contributed by atoms with E-state index in [0.29, 0.717) is 17.5 Å². The van der Waals surface area contributed by atoms with Crippen molar-refractivity contribution in [1.29, 1.82) is 0 Å². The Morgan fingerprint density at radius 1 is 1.09 bits per heavy atom. The number of carboxylic acid groups (broad SMARTS) is 1. The van der Waals surface area contributed by atoms with Crippen LogP contribution in [0.2, 0.25) is 0 Å². The van der Waals surface area contributed by atoms with E-state index in [1.165, 1.54) is 6.07 Å². The smallest absolute Gasteiger partial charge is 0.335 e. The van der Waals surface area contributed by atoms with E-state index in [1.54, 1.807) is 49.4 Å². The summed E-state index contributed by atoms with van der Waals surface area (Å²) in [7, 11) is -3.59. The summed E-state index contributed by atoms with van der Waals surface area (Å²) in [5, 5.41) is 9.10. The molecule has 0 aromatic heterocycles. The summed E-state index contributed by atoms with van der Waals surface area (Å²) in [6.45, 7) is 1.87. The van der Waals surface area contributed by atoms with E-state index in [4.69, 9.17) is 5.11 Å². The first-order chi connectivity index (χ1) is 10.4. The average Bonchev–Trinajstić information content (AvgIpc) is 2.47. The highest BCUT2D eigenvalue weighted by molar-refractivity contribution is 7.89. The molecule has 0 unspecified atom stereocenters. The third kappa shape index (κ3) is 3.72. The second-order valence-electron chi connectivity index (χ2n) is 4.88. The molecule has 0 atom stereocenters. The minimum atomic E-state index is -3.59. The fourth-order valence-electron chi connectivity index (χ4n) is 2.20. The molecule has 5 nitrogen and oxygen atoms in total. The van der Waals surface area contributed by atoms with Crippen LogP contribution in [0.5, 0.6) is 0 Å². The van der Waals surface area contributed by atoms with Crippen LogP contribution in [0.15, 0.2) is 53.4 Å². The predicted octanol–water partition coefficient (Wildman–Crippen LogP) is 2.21. The molecular formula is C16H17NO4S. The van der Waals surface area contributed by atoms with E-state index in [0.717, 1.165) is 0 Å². The number of rotatable bonds is 6. The van der Waals surface area contributed by atoms with E-state index >= 15 is 0 Å². The Labute approximate surface area is 129 Å². The molecule has 0 aliphatic heterocycles. The highest BCUT2D eigenvalue weighted by Gasteiger charge is 2.16. The van der Waals surface area contributed by atoms with Crippen LogP contribution in [0, 0.1) is 6.92 Å². The lowest BCUT2D eigenvalue weighted by Gasteiger charge is -2.10. The molecule has 0 aliphatic rings. The van der Waals surface area contributed by atoms with Gasteiger partial charge in [0.1, 0.15) is 0 Å². The van der Waals surface area contributed by atoms with Gasteiger partial charge in [0.2, 0.25) is 10.0 Å². The first-order valence-electron chi connectivity index (χ1n) is 6.78. The monoisotopic (exact) mass is 319 g/mol. The summed E-state index contributed by atoms with van der Waals surface area (Å²) in [6, 6.07) is 13.3. The maximum Gasteiger partial charge on any atom is 0.335 e. The van der Waals surface area contributed by atoms with Gasteiger partial charge < -0.3 is 5.11 Å². The second-order valence-corrected chi connectivity index (χ2v) is 6.61. The van der Waals surface area contributed by atoms with Crippen molar-refractivity contribution in [3.05, 3.63) is 65.2 Å². The number of carboxylic acids is 1. The lowest BCUT2D eigenvalue weighted by molar-refractivity contribution is 0.0695. The summed E-state index contributed by atoms with van der Waals surface area (Å²) in [6.07, 6.45) is 0.313. The van der Waals surface area contributed by atoms with Crippen LogP contribution in [-0.2, 0) is 16.4 Å². The molecule has 0 heterocycles. The first-order valence-corrected chi connectivity index (χ1v) is 8.26. The third-order valence-corrected chi connectivity index (χ3v) is 4.94. The van der Waals surface area contributed by atoms with Gasteiger partial charge in [-0.15, -0.1) is 0 Å². The molecule has 2 N–H and O–H groups in total. The first kappa shape index (κ1) is 16.2. The Bertz CT molecular complexity index is 784. The largest absolute Gasteiger partial charge is 0.478 e. The number of aryl methyl sites for hydroxylation is 1. The summed E-state index contributed by atoms with van der Waals surface area (Å²) < 4.78 is 27.0. The molecular weight excluding hydrogens is 302 g/mol. The summed E-state index contributed by atoms with van der Waals surface area (Å²) in [5.41, 5.74) is 1.46. The molecule has 2 aromatic carbocycles. The van der Waals surface area contributed by atoms with Crippen molar-refractivity contribution in [2.24, 2.45) is 0 Å². The number of sulfonamides is 1. The molecule has 0 aliphatic carbocycles. The summed E-state index contributed by atoms with van der Waals surface area (Å²) >= 11 is 0. The molecule has 22 heavy (non-hydrogen) atoms. The number of carbonyl (C=O) groups is 1. The van der Waals surface area contributed by atoms with E-state index in [2.05, 4.69) is 4.72 Å². The molecule has 2 rings (SSSR count). The maximum absolute atomic E-state index is 12.2. The normalized spacial score (nSPS) is 11.3. The zero-order valence-corrected chi connectivity index (χ0v) is 12.9. The fourth-order valence-corrected chi connectivity index (χ4v) is 3.48. The van der Waals surface area contributed by atoms with Gasteiger partial charge in [-0.05, 0) is 36.6 Å². The van der Waals surface area contributed by atoms with E-state index in [9.17, 15) is 13.2 Å². The van der Waals surface area contributed by atoms with Crippen molar-refractivity contribution >= 4 is 16.0 Å². The molecule has 0 radical (unpaired) electrons. The Morgan fingerprint density at radius 3 is 2.41 bits per heavy atom. The van der Waals surface area contributed by atoms with Crippen LogP contribution in [0.3, 0.4) is 0 Å². The highest BCUT2D eigenvalue weighted by atomic mass is 32.2. The maximum atomic E-state index is 12.2. The Balaban J connectivity index is 2.09. The standard InChI is InChI=1S/C16H17NO4S/c1-12-6-2-5-9-15(12)22(20,21)17-11-10-13-7-3-4-8-14(13)16(18)19/h2-9,17H,10-11H2,1H3,(H,18,19). The minimum Gasteiger partial charge on any atom is -0.478 e. The zero-order valence-electron chi connectivity index (χ0n) is 12.1. The van der Waals surface area contributed by atoms with Gasteiger partial charge in [0.05, 0.1) is 10.5 Å². The van der Waals surface area contributed by atoms with Crippen LogP contribution < -0.4 is 4.72 Å². The van der Waals surface area contributed by atoms with Crippen LogP contribution >= 0.6 is 0 Å². The molecule has 116 valence electrons. The van der Waals surface area contributed by atoms with Gasteiger partial charge in [0, 0.05) is 6.54 Å². The molecule has 0 saturated heterocycles. The van der Waals surface area contributed by atoms with Crippen LogP contribution in [-0.4, -0.2) is 26.0 Å². The molecule has 0 saturated carbocycles. The van der Waals surface area contributed by atoms with Gasteiger partial charge in [-0.2, -0.15) is 0 Å². The highest BCUT2D eigenvalue weighted by Crippen LogP contribution is 2.14. The zero-order chi connectivity index (χ0) is 16.2. The van der Waals surface area contributed by atoms with Gasteiger partial charge in [-0.1, -0.05) is 36.4 Å². The minimum absolute atomic E-state index is 0.140. The van der Waals surface area contributed by atoms with Crippen molar-refractivity contribution in [2.75, 3.05) is 6.54 Å². The van der Waals surface area contributed by atoms with Gasteiger partial charge >= 0.3 is 5.97 Å². The van der Waals surface area contributed by atoms with Crippen molar-refractivity contribution < 1.29 is 18.3 Å². The van der Waals surface area contributed by atoms with Crippen molar-refractivity contribution in [1.82, 2.24) is 4.72 Å². The lowest BCUT2D eigenvalue weighted by Crippen LogP contribution is -2.27. The molecule has 2 aromatic rings. The number of nitrogens with one attached hydrogen (secondary N) is 1. The Morgan fingerprint density at radius 2 is 1.73 bits per heavy atom. The molecule has 0 fully saturated rings. The van der Waals surface area contributed by atoms with Crippen LogP contribution in [0.25, 0.3) is 0 Å². The van der Waals surface area contributed by atoms with Crippen LogP contribution in [0.4, 0.5) is 0 Å². The third-order valence-electron chi connectivity index (χ3n) is 3.32. The van der Waals surface area contributed by atoms with Gasteiger partial charge in [-0.3, -0.25) is 0 Å². The Hall–Kier alpha value is -2.18. The van der Waals surface area contributed by atoms with Crippen molar-refractivity contribution in [3.8, 4) is 0 Å². The second kappa shape index (κ2) is 6.72. The van der Waals surface area contributed by atoms with Crippen LogP contribution in [0.1, 0.15) is 21.5 Å². The number of benzene rings is 2. The lowest BCUT2D eigenvalue weighted by atomic mass is 10.1. The van der Waals surface area contributed by atoms with Gasteiger partial charge in [0.15, 0.2) is 0 Å². The number of aromatic carboxylic acids is 1.